The maximum atomic E-state index is 11.0. The third kappa shape index (κ3) is 2.48. The minimum absolute atomic E-state index is 0.382. The van der Waals surface area contributed by atoms with Crippen molar-refractivity contribution in [2.75, 3.05) is 11.4 Å². The van der Waals surface area contributed by atoms with Gasteiger partial charge in [-0.15, -0.1) is 0 Å². The number of hydrogen-bond donors (Lipinski definition) is 1. The molecule has 0 saturated heterocycles. The minimum atomic E-state index is -0.988. The maximum Gasteiger partial charge on any atom is 0.412 e. The predicted molar refractivity (Wildman–Crippen MR) is 70.7 cm³/mol. The van der Waals surface area contributed by atoms with Crippen LogP contribution in [0.25, 0.3) is 11.1 Å². The largest absolute Gasteiger partial charge is 0.465 e. The van der Waals surface area contributed by atoms with E-state index >= 15 is 0 Å². The fraction of sp³-hybridized carbons (Fsp3) is 0.143. The molecule has 0 saturated carbocycles. The lowest BCUT2D eigenvalue weighted by Gasteiger charge is -2.15. The molecule has 1 N–H and O–H groups in total. The zero-order valence-corrected chi connectivity index (χ0v) is 10.1. The van der Waals surface area contributed by atoms with Gasteiger partial charge < -0.3 is 5.11 Å². The van der Waals surface area contributed by atoms with Crippen molar-refractivity contribution in [1.29, 1.82) is 0 Å². The van der Waals surface area contributed by atoms with Crippen molar-refractivity contribution >= 4 is 11.9 Å². The predicted octanol–water partition coefficient (Wildman–Crippen LogP) is 3.25. The molecular weight excluding hydrogens is 228 g/mol. The summed E-state index contributed by atoms with van der Waals surface area (Å²) >= 11 is 0. The first-order valence-electron chi connectivity index (χ1n) is 5.74. The maximum absolute atomic E-state index is 11.0. The lowest BCUT2D eigenvalue weighted by atomic mass is 10.1. The van der Waals surface area contributed by atoms with Gasteiger partial charge in [0.2, 0.25) is 0 Å². The lowest BCUT2D eigenvalue weighted by molar-refractivity contribution is 0.202. The second-order valence-electron chi connectivity index (χ2n) is 3.80. The van der Waals surface area contributed by atoms with Crippen LogP contribution in [0.1, 0.15) is 6.92 Å². The Hall–Kier alpha value is -2.36. The number of anilines is 1. The highest BCUT2D eigenvalue weighted by Gasteiger charge is 2.12. The molecule has 0 bridgehead atoms. The molecule has 1 amide bonds. The summed E-state index contributed by atoms with van der Waals surface area (Å²) in [7, 11) is 0. The van der Waals surface area contributed by atoms with Crippen LogP contribution in [0.4, 0.5) is 10.6 Å². The van der Waals surface area contributed by atoms with Gasteiger partial charge in [0.05, 0.1) is 0 Å². The van der Waals surface area contributed by atoms with Crippen LogP contribution in [0.15, 0.2) is 48.7 Å². The van der Waals surface area contributed by atoms with Gasteiger partial charge in [0.1, 0.15) is 5.82 Å². The first-order valence-corrected chi connectivity index (χ1v) is 5.74. The van der Waals surface area contributed by atoms with Crippen molar-refractivity contribution in [3.63, 3.8) is 0 Å². The highest BCUT2D eigenvalue weighted by molar-refractivity contribution is 5.84. The van der Waals surface area contributed by atoms with E-state index in [1.165, 1.54) is 4.90 Å². The second kappa shape index (κ2) is 5.31. The second-order valence-corrected chi connectivity index (χ2v) is 3.80. The van der Waals surface area contributed by atoms with Crippen LogP contribution in [0.2, 0.25) is 0 Å². The number of pyridine rings is 1. The Bertz CT molecular complexity index is 523. The van der Waals surface area contributed by atoms with Gasteiger partial charge in [-0.05, 0) is 24.6 Å². The van der Waals surface area contributed by atoms with E-state index in [9.17, 15) is 4.79 Å². The molecule has 1 aromatic carbocycles. The molecule has 0 unspecified atom stereocenters. The van der Waals surface area contributed by atoms with E-state index < -0.39 is 6.09 Å². The highest BCUT2D eigenvalue weighted by atomic mass is 16.4. The van der Waals surface area contributed by atoms with Gasteiger partial charge in [0.15, 0.2) is 0 Å². The van der Waals surface area contributed by atoms with E-state index in [-0.39, 0.29) is 0 Å². The third-order valence-electron chi connectivity index (χ3n) is 2.68. The monoisotopic (exact) mass is 242 g/mol. The molecule has 2 aromatic rings. The number of carboxylic acid groups (broad SMARTS) is 1. The third-order valence-corrected chi connectivity index (χ3v) is 2.68. The van der Waals surface area contributed by atoms with Crippen LogP contribution < -0.4 is 4.90 Å². The van der Waals surface area contributed by atoms with Crippen molar-refractivity contribution < 1.29 is 9.90 Å². The van der Waals surface area contributed by atoms with Gasteiger partial charge in [-0.2, -0.15) is 0 Å². The number of rotatable bonds is 3. The number of hydrogen-bond acceptors (Lipinski definition) is 2. The molecule has 4 nitrogen and oxygen atoms in total. The summed E-state index contributed by atoms with van der Waals surface area (Å²) in [5, 5.41) is 9.00. The van der Waals surface area contributed by atoms with E-state index in [1.54, 1.807) is 19.2 Å². The Morgan fingerprint density at radius 2 is 1.89 bits per heavy atom. The van der Waals surface area contributed by atoms with Gasteiger partial charge in [-0.25, -0.2) is 9.78 Å². The number of nitrogens with zero attached hydrogens (tertiary/aromatic N) is 2. The van der Waals surface area contributed by atoms with Crippen LogP contribution in [-0.4, -0.2) is 22.7 Å². The smallest absolute Gasteiger partial charge is 0.412 e. The molecule has 18 heavy (non-hydrogen) atoms. The number of aromatic nitrogens is 1. The summed E-state index contributed by atoms with van der Waals surface area (Å²) in [6.07, 6.45) is 0.702. The molecule has 0 atom stereocenters. The van der Waals surface area contributed by atoms with Gasteiger partial charge in [0, 0.05) is 18.3 Å². The molecular formula is C14H14N2O2. The van der Waals surface area contributed by atoms with Gasteiger partial charge in [0.25, 0.3) is 0 Å². The zero-order valence-electron chi connectivity index (χ0n) is 10.1. The quantitative estimate of drug-likeness (QED) is 0.898. The van der Waals surface area contributed by atoms with Crippen molar-refractivity contribution in [1.82, 2.24) is 4.98 Å². The topological polar surface area (TPSA) is 53.4 Å². The summed E-state index contributed by atoms with van der Waals surface area (Å²) in [4.78, 5) is 16.4. The van der Waals surface area contributed by atoms with Gasteiger partial charge in [-0.1, -0.05) is 30.3 Å². The Balaban J connectivity index is 2.28. The molecule has 0 spiro atoms. The molecule has 0 aliphatic heterocycles. The van der Waals surface area contributed by atoms with Crippen LogP contribution in [-0.2, 0) is 0 Å². The summed E-state index contributed by atoms with van der Waals surface area (Å²) in [5.41, 5.74) is 2.04. The van der Waals surface area contributed by atoms with E-state index in [2.05, 4.69) is 4.98 Å². The Kier molecular flexibility index (Phi) is 3.57. The Labute approximate surface area is 106 Å². The van der Waals surface area contributed by atoms with Crippen molar-refractivity contribution in [3.8, 4) is 11.1 Å². The normalized spacial score (nSPS) is 10.1. The molecule has 0 aliphatic rings. The van der Waals surface area contributed by atoms with Gasteiger partial charge >= 0.3 is 6.09 Å². The number of carbonyl (C=O) groups is 1. The average molecular weight is 242 g/mol. The highest BCUT2D eigenvalue weighted by Crippen LogP contribution is 2.20. The van der Waals surface area contributed by atoms with Crippen molar-refractivity contribution in [3.05, 3.63) is 48.7 Å². The summed E-state index contributed by atoms with van der Waals surface area (Å²) in [6.45, 7) is 2.16. The molecule has 2 rings (SSSR count). The molecule has 92 valence electrons. The standard InChI is InChI=1S/C14H14N2O2/c1-2-16(14(17)18)13-9-8-12(10-15-13)11-6-4-3-5-7-11/h3-10H,2H2,1H3,(H,17,18). The summed E-state index contributed by atoms with van der Waals surface area (Å²) < 4.78 is 0. The first kappa shape index (κ1) is 12.1. The fourth-order valence-corrected chi connectivity index (χ4v) is 1.74. The first-order chi connectivity index (χ1) is 8.72. The number of benzene rings is 1. The Morgan fingerprint density at radius 3 is 2.39 bits per heavy atom. The van der Waals surface area contributed by atoms with E-state index in [0.29, 0.717) is 12.4 Å². The van der Waals surface area contributed by atoms with Crippen LogP contribution >= 0.6 is 0 Å². The molecule has 4 heteroatoms. The Morgan fingerprint density at radius 1 is 1.17 bits per heavy atom. The average Bonchev–Trinajstić information content (AvgIpc) is 2.41. The van der Waals surface area contributed by atoms with Gasteiger partial charge in [-0.3, -0.25) is 4.90 Å². The van der Waals surface area contributed by atoms with E-state index in [0.717, 1.165) is 11.1 Å². The zero-order chi connectivity index (χ0) is 13.0. The lowest BCUT2D eigenvalue weighted by Crippen LogP contribution is -2.29. The molecule has 0 radical (unpaired) electrons. The van der Waals surface area contributed by atoms with Crippen LogP contribution in [0.3, 0.4) is 0 Å². The van der Waals surface area contributed by atoms with Crippen LogP contribution in [0.5, 0.6) is 0 Å². The van der Waals surface area contributed by atoms with E-state index in [4.69, 9.17) is 5.11 Å². The molecule has 1 heterocycles. The SMILES string of the molecule is CCN(C(=O)O)c1ccc(-c2ccccc2)cn1. The number of amides is 1. The molecule has 0 aliphatic carbocycles. The molecule has 1 aromatic heterocycles. The van der Waals surface area contributed by atoms with Crippen LogP contribution in [0, 0.1) is 0 Å². The summed E-state index contributed by atoms with van der Waals surface area (Å²) in [5.74, 6) is 0.449. The van der Waals surface area contributed by atoms with Crippen molar-refractivity contribution in [2.45, 2.75) is 6.92 Å². The fourth-order valence-electron chi connectivity index (χ4n) is 1.74. The summed E-state index contributed by atoms with van der Waals surface area (Å²) in [6, 6.07) is 13.5. The minimum Gasteiger partial charge on any atom is -0.465 e. The van der Waals surface area contributed by atoms with Crippen molar-refractivity contribution in [2.24, 2.45) is 0 Å². The van der Waals surface area contributed by atoms with E-state index in [1.807, 2.05) is 36.4 Å². The molecule has 0 fully saturated rings.